The molecule has 0 fully saturated rings. The predicted molar refractivity (Wildman–Crippen MR) is 55.9 cm³/mol. The Hall–Kier alpha value is -1.64. The zero-order chi connectivity index (χ0) is 10.1. The average Bonchev–Trinajstić information content (AvgIpc) is 2.45. The first-order chi connectivity index (χ1) is 6.66. The Kier molecular flexibility index (Phi) is 2.08. The van der Waals surface area contributed by atoms with Crippen LogP contribution in [0, 0.1) is 13.8 Å². The molecule has 0 aliphatic rings. The molecule has 0 saturated heterocycles. The van der Waals surface area contributed by atoms with Crippen molar-refractivity contribution in [3.05, 3.63) is 35.8 Å². The molecule has 0 spiro atoms. The van der Waals surface area contributed by atoms with Crippen LogP contribution in [0.3, 0.4) is 0 Å². The number of pyridine rings is 1. The molecule has 0 atom stereocenters. The molecule has 3 heteroatoms. The molecular weight excluding hydrogens is 174 g/mol. The van der Waals surface area contributed by atoms with Crippen LogP contribution in [0.2, 0.25) is 0 Å². The summed E-state index contributed by atoms with van der Waals surface area (Å²) in [6.07, 6.45) is 1.83. The highest BCUT2D eigenvalue weighted by atomic mass is 15.3. The van der Waals surface area contributed by atoms with E-state index in [0.717, 1.165) is 17.1 Å². The second kappa shape index (κ2) is 3.25. The Morgan fingerprint density at radius 1 is 1.14 bits per heavy atom. The molecule has 2 rings (SSSR count). The molecule has 0 unspecified atom stereocenters. The van der Waals surface area contributed by atoms with Gasteiger partial charge < -0.3 is 0 Å². The van der Waals surface area contributed by atoms with E-state index in [1.54, 1.807) is 0 Å². The minimum atomic E-state index is 1.03. The Morgan fingerprint density at radius 3 is 2.50 bits per heavy atom. The van der Waals surface area contributed by atoms with Gasteiger partial charge in [-0.05, 0) is 32.0 Å². The fraction of sp³-hybridized carbons (Fsp3) is 0.273. The second-order valence-corrected chi connectivity index (χ2v) is 3.48. The van der Waals surface area contributed by atoms with Gasteiger partial charge >= 0.3 is 0 Å². The maximum atomic E-state index is 4.31. The number of rotatable bonds is 1. The summed E-state index contributed by atoms with van der Waals surface area (Å²) in [5, 5.41) is 4.31. The molecule has 0 N–H and O–H groups in total. The van der Waals surface area contributed by atoms with Crippen LogP contribution in [0.1, 0.15) is 11.4 Å². The van der Waals surface area contributed by atoms with E-state index in [1.807, 2.05) is 37.8 Å². The van der Waals surface area contributed by atoms with Crippen molar-refractivity contribution in [1.82, 2.24) is 14.8 Å². The van der Waals surface area contributed by atoms with Gasteiger partial charge in [0, 0.05) is 24.5 Å². The van der Waals surface area contributed by atoms with E-state index >= 15 is 0 Å². The quantitative estimate of drug-likeness (QED) is 0.684. The van der Waals surface area contributed by atoms with Crippen molar-refractivity contribution >= 4 is 0 Å². The van der Waals surface area contributed by atoms with E-state index in [4.69, 9.17) is 0 Å². The van der Waals surface area contributed by atoms with Gasteiger partial charge in [0.15, 0.2) is 0 Å². The lowest BCUT2D eigenvalue weighted by atomic mass is 10.1. The van der Waals surface area contributed by atoms with E-state index in [-0.39, 0.29) is 0 Å². The Labute approximate surface area is 83.4 Å². The van der Waals surface area contributed by atoms with Crippen molar-refractivity contribution in [2.75, 3.05) is 0 Å². The SMILES string of the molecule is Cc1cc(-c2cc(C)nn2C)ccn1. The van der Waals surface area contributed by atoms with Gasteiger partial charge in [0.2, 0.25) is 0 Å². The molecule has 0 aromatic carbocycles. The van der Waals surface area contributed by atoms with E-state index in [0.29, 0.717) is 0 Å². The Morgan fingerprint density at radius 2 is 1.93 bits per heavy atom. The minimum Gasteiger partial charge on any atom is -0.268 e. The summed E-state index contributed by atoms with van der Waals surface area (Å²) in [5.41, 5.74) is 4.37. The first-order valence-electron chi connectivity index (χ1n) is 4.60. The molecule has 0 radical (unpaired) electrons. The fourth-order valence-electron chi connectivity index (χ4n) is 1.59. The molecule has 14 heavy (non-hydrogen) atoms. The van der Waals surface area contributed by atoms with Gasteiger partial charge in [-0.15, -0.1) is 0 Å². The van der Waals surface area contributed by atoms with Crippen LogP contribution in [-0.4, -0.2) is 14.8 Å². The van der Waals surface area contributed by atoms with Gasteiger partial charge in [-0.3, -0.25) is 9.67 Å². The summed E-state index contributed by atoms with van der Waals surface area (Å²) in [5.74, 6) is 0. The first-order valence-corrected chi connectivity index (χ1v) is 4.60. The van der Waals surface area contributed by atoms with Gasteiger partial charge in [-0.1, -0.05) is 0 Å². The lowest BCUT2D eigenvalue weighted by Crippen LogP contribution is -1.94. The van der Waals surface area contributed by atoms with Gasteiger partial charge in [0.25, 0.3) is 0 Å². The monoisotopic (exact) mass is 187 g/mol. The average molecular weight is 187 g/mol. The zero-order valence-corrected chi connectivity index (χ0v) is 8.65. The number of nitrogens with zero attached hydrogens (tertiary/aromatic N) is 3. The van der Waals surface area contributed by atoms with Gasteiger partial charge in [0.1, 0.15) is 0 Å². The van der Waals surface area contributed by atoms with Gasteiger partial charge in [0.05, 0.1) is 11.4 Å². The number of aromatic nitrogens is 3. The van der Waals surface area contributed by atoms with Crippen LogP contribution < -0.4 is 0 Å². The summed E-state index contributed by atoms with van der Waals surface area (Å²) >= 11 is 0. The molecule has 3 nitrogen and oxygen atoms in total. The van der Waals surface area contributed by atoms with Crippen molar-refractivity contribution in [1.29, 1.82) is 0 Å². The summed E-state index contributed by atoms with van der Waals surface area (Å²) in [6.45, 7) is 3.99. The third kappa shape index (κ3) is 1.53. The first kappa shape index (κ1) is 8.94. The number of aryl methyl sites for hydroxylation is 3. The zero-order valence-electron chi connectivity index (χ0n) is 8.65. The van der Waals surface area contributed by atoms with Crippen molar-refractivity contribution in [3.63, 3.8) is 0 Å². The van der Waals surface area contributed by atoms with Crippen LogP contribution in [0.25, 0.3) is 11.3 Å². The summed E-state index contributed by atoms with van der Waals surface area (Å²) < 4.78 is 1.89. The van der Waals surface area contributed by atoms with E-state index < -0.39 is 0 Å². The van der Waals surface area contributed by atoms with E-state index in [9.17, 15) is 0 Å². The predicted octanol–water partition coefficient (Wildman–Crippen LogP) is 2.10. The Bertz CT molecular complexity index is 457. The molecule has 2 heterocycles. The molecule has 0 aliphatic carbocycles. The van der Waals surface area contributed by atoms with Crippen molar-refractivity contribution in [2.24, 2.45) is 7.05 Å². The normalized spacial score (nSPS) is 10.5. The van der Waals surface area contributed by atoms with Crippen LogP contribution >= 0.6 is 0 Å². The third-order valence-corrected chi connectivity index (χ3v) is 2.19. The third-order valence-electron chi connectivity index (χ3n) is 2.19. The second-order valence-electron chi connectivity index (χ2n) is 3.48. The lowest BCUT2D eigenvalue weighted by molar-refractivity contribution is 0.764. The van der Waals surface area contributed by atoms with Gasteiger partial charge in [-0.25, -0.2) is 0 Å². The van der Waals surface area contributed by atoms with Crippen molar-refractivity contribution in [3.8, 4) is 11.3 Å². The summed E-state index contributed by atoms with van der Waals surface area (Å²) in [7, 11) is 1.96. The molecule has 0 amide bonds. The molecule has 72 valence electrons. The molecular formula is C11H13N3. The lowest BCUT2D eigenvalue weighted by Gasteiger charge is -2.01. The van der Waals surface area contributed by atoms with E-state index in [2.05, 4.69) is 22.2 Å². The van der Waals surface area contributed by atoms with Crippen LogP contribution in [-0.2, 0) is 7.05 Å². The number of hydrogen-bond donors (Lipinski definition) is 0. The topological polar surface area (TPSA) is 30.7 Å². The van der Waals surface area contributed by atoms with E-state index in [1.165, 1.54) is 5.56 Å². The highest BCUT2D eigenvalue weighted by Gasteiger charge is 2.04. The Balaban J connectivity index is 2.54. The molecule has 2 aromatic heterocycles. The maximum absolute atomic E-state index is 4.31. The maximum Gasteiger partial charge on any atom is 0.0682 e. The van der Waals surface area contributed by atoms with Crippen molar-refractivity contribution in [2.45, 2.75) is 13.8 Å². The highest BCUT2D eigenvalue weighted by Crippen LogP contribution is 2.19. The minimum absolute atomic E-state index is 1.03. The standard InChI is InChI=1S/C11H13N3/c1-8-6-10(4-5-12-8)11-7-9(2)13-14(11)3/h4-7H,1-3H3. The summed E-state index contributed by atoms with van der Waals surface area (Å²) in [6, 6.07) is 6.15. The smallest absolute Gasteiger partial charge is 0.0682 e. The molecule has 0 aliphatic heterocycles. The van der Waals surface area contributed by atoms with Crippen LogP contribution in [0.5, 0.6) is 0 Å². The number of hydrogen-bond acceptors (Lipinski definition) is 2. The molecule has 0 saturated carbocycles. The van der Waals surface area contributed by atoms with Crippen LogP contribution in [0.15, 0.2) is 24.4 Å². The molecule has 2 aromatic rings. The highest BCUT2D eigenvalue weighted by molar-refractivity contribution is 5.59. The largest absolute Gasteiger partial charge is 0.268 e. The van der Waals surface area contributed by atoms with Crippen LogP contribution in [0.4, 0.5) is 0 Å². The van der Waals surface area contributed by atoms with Gasteiger partial charge in [-0.2, -0.15) is 5.10 Å². The summed E-state index contributed by atoms with van der Waals surface area (Å²) in [4.78, 5) is 4.17. The molecule has 0 bridgehead atoms. The van der Waals surface area contributed by atoms with Crippen molar-refractivity contribution < 1.29 is 0 Å². The fourth-order valence-corrected chi connectivity index (χ4v) is 1.59.